The Morgan fingerprint density at radius 2 is 2.00 bits per heavy atom. The van der Waals surface area contributed by atoms with Gasteiger partial charge in [-0.15, -0.1) is 0 Å². The third-order valence-corrected chi connectivity index (χ3v) is 2.67. The van der Waals surface area contributed by atoms with Crippen molar-refractivity contribution in [1.82, 2.24) is 0 Å². The second kappa shape index (κ2) is 6.35. The zero-order valence-corrected chi connectivity index (χ0v) is 10.2. The maximum Gasteiger partial charge on any atom is 0.308 e. The van der Waals surface area contributed by atoms with Crippen molar-refractivity contribution in [2.45, 2.75) is 25.8 Å². The van der Waals surface area contributed by atoms with E-state index < -0.39 is 0 Å². The molecule has 2 atom stereocenters. The molecule has 0 amide bonds. The first-order valence-electron chi connectivity index (χ1n) is 5.60. The van der Waals surface area contributed by atoms with Crippen molar-refractivity contribution >= 4 is 5.97 Å². The summed E-state index contributed by atoms with van der Waals surface area (Å²) in [5.41, 5.74) is 6.90. The van der Waals surface area contributed by atoms with Crippen molar-refractivity contribution in [2.75, 3.05) is 7.11 Å². The van der Waals surface area contributed by atoms with E-state index in [9.17, 15) is 9.18 Å². The lowest BCUT2D eigenvalue weighted by Crippen LogP contribution is -2.28. The van der Waals surface area contributed by atoms with E-state index in [0.29, 0.717) is 12.8 Å². The quantitative estimate of drug-likeness (QED) is 0.798. The van der Waals surface area contributed by atoms with Gasteiger partial charge in [-0.1, -0.05) is 19.1 Å². The Kier molecular flexibility index (Phi) is 5.10. The van der Waals surface area contributed by atoms with Crippen LogP contribution in [-0.4, -0.2) is 19.1 Å². The van der Waals surface area contributed by atoms with E-state index in [1.165, 1.54) is 19.2 Å². The van der Waals surface area contributed by atoms with E-state index >= 15 is 0 Å². The number of carbonyl (C=O) groups excluding carboxylic acids is 1. The molecule has 4 heteroatoms. The first-order chi connectivity index (χ1) is 8.02. The summed E-state index contributed by atoms with van der Waals surface area (Å²) >= 11 is 0. The van der Waals surface area contributed by atoms with Gasteiger partial charge in [0.1, 0.15) is 5.82 Å². The Balaban J connectivity index is 2.46. The lowest BCUT2D eigenvalue weighted by molar-refractivity contribution is -0.145. The van der Waals surface area contributed by atoms with Gasteiger partial charge in [0.15, 0.2) is 0 Å². The van der Waals surface area contributed by atoms with Crippen molar-refractivity contribution in [3.05, 3.63) is 35.6 Å². The molecule has 1 aromatic carbocycles. The van der Waals surface area contributed by atoms with E-state index in [4.69, 9.17) is 5.73 Å². The number of halogens is 1. The summed E-state index contributed by atoms with van der Waals surface area (Å²) in [6.45, 7) is 1.79. The lowest BCUT2D eigenvalue weighted by Gasteiger charge is -2.15. The molecule has 2 N–H and O–H groups in total. The maximum absolute atomic E-state index is 12.7. The largest absolute Gasteiger partial charge is 0.469 e. The maximum atomic E-state index is 12.7. The molecule has 2 unspecified atom stereocenters. The Labute approximate surface area is 101 Å². The van der Waals surface area contributed by atoms with Crippen LogP contribution < -0.4 is 5.73 Å². The third-order valence-electron chi connectivity index (χ3n) is 2.67. The number of carbonyl (C=O) groups is 1. The minimum absolute atomic E-state index is 0.130. The van der Waals surface area contributed by atoms with Gasteiger partial charge in [-0.25, -0.2) is 4.39 Å². The fourth-order valence-corrected chi connectivity index (χ4v) is 1.76. The minimum atomic E-state index is -0.259. The van der Waals surface area contributed by atoms with Crippen molar-refractivity contribution in [2.24, 2.45) is 11.7 Å². The number of rotatable bonds is 5. The molecule has 0 fully saturated rings. The van der Waals surface area contributed by atoms with E-state index in [-0.39, 0.29) is 23.7 Å². The van der Waals surface area contributed by atoms with Crippen LogP contribution in [0.4, 0.5) is 4.39 Å². The molecule has 1 rings (SSSR count). The molecule has 0 saturated carbocycles. The average Bonchev–Trinajstić information content (AvgIpc) is 2.30. The summed E-state index contributed by atoms with van der Waals surface area (Å²) < 4.78 is 17.3. The summed E-state index contributed by atoms with van der Waals surface area (Å²) in [5.74, 6) is -0.722. The Morgan fingerprint density at radius 3 is 2.53 bits per heavy atom. The molecular weight excluding hydrogens is 221 g/mol. The van der Waals surface area contributed by atoms with E-state index in [1.54, 1.807) is 19.1 Å². The zero-order valence-electron chi connectivity index (χ0n) is 10.2. The van der Waals surface area contributed by atoms with Crippen LogP contribution in [0, 0.1) is 11.7 Å². The van der Waals surface area contributed by atoms with Gasteiger partial charge in [-0.2, -0.15) is 0 Å². The zero-order chi connectivity index (χ0) is 12.8. The predicted molar refractivity (Wildman–Crippen MR) is 63.9 cm³/mol. The number of methoxy groups -OCH3 is 1. The number of hydrogen-bond donors (Lipinski definition) is 1. The van der Waals surface area contributed by atoms with Crippen LogP contribution >= 0.6 is 0 Å². The highest BCUT2D eigenvalue weighted by Gasteiger charge is 2.17. The second-order valence-corrected chi connectivity index (χ2v) is 4.25. The van der Waals surface area contributed by atoms with Crippen LogP contribution in [0.2, 0.25) is 0 Å². The molecule has 0 heterocycles. The van der Waals surface area contributed by atoms with Gasteiger partial charge in [0.25, 0.3) is 0 Å². The Hall–Kier alpha value is -1.42. The number of nitrogens with two attached hydrogens (primary N) is 1. The van der Waals surface area contributed by atoms with Gasteiger partial charge in [0, 0.05) is 6.04 Å². The number of benzene rings is 1. The topological polar surface area (TPSA) is 52.3 Å². The number of esters is 1. The molecule has 0 radical (unpaired) electrons. The summed E-state index contributed by atoms with van der Waals surface area (Å²) in [7, 11) is 1.37. The summed E-state index contributed by atoms with van der Waals surface area (Å²) in [6.07, 6.45) is 1.19. The molecule has 0 aliphatic carbocycles. The van der Waals surface area contributed by atoms with Gasteiger partial charge >= 0.3 is 5.97 Å². The molecular formula is C13H18FNO2. The van der Waals surface area contributed by atoms with Crippen LogP contribution in [0.25, 0.3) is 0 Å². The van der Waals surface area contributed by atoms with E-state index in [1.807, 2.05) is 0 Å². The fraction of sp³-hybridized carbons (Fsp3) is 0.462. The normalized spacial score (nSPS) is 14.1. The summed E-state index contributed by atoms with van der Waals surface area (Å²) in [6, 6.07) is 6.10. The molecule has 3 nitrogen and oxygen atoms in total. The molecule has 1 aromatic rings. The number of hydrogen-bond acceptors (Lipinski definition) is 3. The van der Waals surface area contributed by atoms with E-state index in [2.05, 4.69) is 4.74 Å². The Morgan fingerprint density at radius 1 is 1.41 bits per heavy atom. The first-order valence-corrected chi connectivity index (χ1v) is 5.60. The van der Waals surface area contributed by atoms with Crippen molar-refractivity contribution < 1.29 is 13.9 Å². The molecule has 0 aliphatic heterocycles. The van der Waals surface area contributed by atoms with Crippen LogP contribution in [0.15, 0.2) is 24.3 Å². The van der Waals surface area contributed by atoms with Crippen LogP contribution in [-0.2, 0) is 16.0 Å². The monoisotopic (exact) mass is 239 g/mol. The van der Waals surface area contributed by atoms with Crippen LogP contribution in [0.3, 0.4) is 0 Å². The van der Waals surface area contributed by atoms with Gasteiger partial charge < -0.3 is 10.5 Å². The van der Waals surface area contributed by atoms with Gasteiger partial charge in [0.05, 0.1) is 13.0 Å². The first kappa shape index (κ1) is 13.6. The second-order valence-electron chi connectivity index (χ2n) is 4.25. The molecule has 0 saturated heterocycles. The minimum Gasteiger partial charge on any atom is -0.469 e. The average molecular weight is 239 g/mol. The molecule has 94 valence electrons. The smallest absolute Gasteiger partial charge is 0.308 e. The summed E-state index contributed by atoms with van der Waals surface area (Å²) in [5, 5.41) is 0. The highest BCUT2D eigenvalue weighted by Crippen LogP contribution is 2.11. The van der Waals surface area contributed by atoms with Crippen molar-refractivity contribution in [3.63, 3.8) is 0 Å². The summed E-state index contributed by atoms with van der Waals surface area (Å²) in [4.78, 5) is 11.2. The third kappa shape index (κ3) is 4.53. The highest BCUT2D eigenvalue weighted by molar-refractivity contribution is 5.71. The highest BCUT2D eigenvalue weighted by atomic mass is 19.1. The molecule has 17 heavy (non-hydrogen) atoms. The van der Waals surface area contributed by atoms with Crippen molar-refractivity contribution in [3.8, 4) is 0 Å². The van der Waals surface area contributed by atoms with Gasteiger partial charge in [0.2, 0.25) is 0 Å². The molecule has 0 aromatic heterocycles. The fourth-order valence-electron chi connectivity index (χ4n) is 1.76. The van der Waals surface area contributed by atoms with E-state index in [0.717, 1.165) is 5.56 Å². The molecule has 0 spiro atoms. The van der Waals surface area contributed by atoms with Gasteiger partial charge in [-0.3, -0.25) is 4.79 Å². The lowest BCUT2D eigenvalue weighted by atomic mass is 9.97. The van der Waals surface area contributed by atoms with Crippen LogP contribution in [0.1, 0.15) is 18.9 Å². The predicted octanol–water partition coefficient (Wildman–Crippen LogP) is 1.89. The molecule has 0 aliphatic rings. The Bertz CT molecular complexity index is 364. The van der Waals surface area contributed by atoms with Gasteiger partial charge in [-0.05, 0) is 30.5 Å². The number of ether oxygens (including phenoxy) is 1. The molecule has 0 bridgehead atoms. The van der Waals surface area contributed by atoms with Crippen molar-refractivity contribution in [1.29, 1.82) is 0 Å². The SMILES string of the molecule is COC(=O)C(C)CC(N)Cc1ccc(F)cc1. The van der Waals surface area contributed by atoms with Crippen LogP contribution in [0.5, 0.6) is 0 Å². The standard InChI is InChI=1S/C13H18FNO2/c1-9(13(16)17-2)7-12(15)8-10-3-5-11(14)6-4-10/h3-6,9,12H,7-8,15H2,1-2H3.